The Morgan fingerprint density at radius 2 is 1.81 bits per heavy atom. The van der Waals surface area contributed by atoms with E-state index in [4.69, 9.17) is 4.74 Å². The number of nitrogens with zero attached hydrogens (tertiary/aromatic N) is 2. The van der Waals surface area contributed by atoms with Crippen molar-refractivity contribution in [3.8, 4) is 5.75 Å². The van der Waals surface area contributed by atoms with E-state index in [1.54, 1.807) is 0 Å². The lowest BCUT2D eigenvalue weighted by atomic mass is 10.1. The van der Waals surface area contributed by atoms with Crippen LogP contribution in [-0.2, 0) is 4.79 Å². The van der Waals surface area contributed by atoms with Crippen LogP contribution in [0.3, 0.4) is 0 Å². The highest BCUT2D eigenvalue weighted by Gasteiger charge is 2.17. The molecule has 1 aliphatic rings. The van der Waals surface area contributed by atoms with Gasteiger partial charge in [-0.3, -0.25) is 4.79 Å². The Kier molecular flexibility index (Phi) is 6.12. The molecular weight excluding hydrogens is 326 g/mol. The van der Waals surface area contributed by atoms with Gasteiger partial charge in [-0.1, -0.05) is 25.1 Å². The Morgan fingerprint density at radius 1 is 1.08 bits per heavy atom. The van der Waals surface area contributed by atoms with Gasteiger partial charge in [-0.15, -0.1) is 0 Å². The summed E-state index contributed by atoms with van der Waals surface area (Å²) in [5, 5.41) is 2.91. The molecule has 0 aromatic heterocycles. The first-order chi connectivity index (χ1) is 12.7. The van der Waals surface area contributed by atoms with Crippen LogP contribution in [0.5, 0.6) is 5.75 Å². The van der Waals surface area contributed by atoms with Gasteiger partial charge in [0.25, 0.3) is 5.91 Å². The SMILES string of the molecule is CCN1CCN(c2ccc(NC(=O)COc3ccccc3)cc2C)CC1. The van der Waals surface area contributed by atoms with Crippen LogP contribution < -0.4 is 15.0 Å². The van der Waals surface area contributed by atoms with Crippen molar-refractivity contribution in [1.29, 1.82) is 0 Å². The predicted molar refractivity (Wildman–Crippen MR) is 106 cm³/mol. The molecule has 3 rings (SSSR count). The average molecular weight is 353 g/mol. The summed E-state index contributed by atoms with van der Waals surface area (Å²) in [6, 6.07) is 15.5. The molecule has 0 aliphatic carbocycles. The summed E-state index contributed by atoms with van der Waals surface area (Å²) in [6.07, 6.45) is 0. The number of amides is 1. The predicted octanol–water partition coefficient (Wildman–Crippen LogP) is 3.15. The fourth-order valence-corrected chi connectivity index (χ4v) is 3.26. The first-order valence-corrected chi connectivity index (χ1v) is 9.21. The largest absolute Gasteiger partial charge is 0.484 e. The minimum atomic E-state index is -0.155. The normalized spacial score (nSPS) is 14.9. The second-order valence-corrected chi connectivity index (χ2v) is 6.57. The summed E-state index contributed by atoms with van der Waals surface area (Å²) in [7, 11) is 0. The molecule has 0 bridgehead atoms. The fourth-order valence-electron chi connectivity index (χ4n) is 3.26. The number of rotatable bonds is 6. The summed E-state index contributed by atoms with van der Waals surface area (Å²) in [5.41, 5.74) is 3.23. The van der Waals surface area contributed by atoms with Crippen molar-refractivity contribution in [2.24, 2.45) is 0 Å². The van der Waals surface area contributed by atoms with E-state index in [1.165, 1.54) is 11.3 Å². The molecule has 2 aromatic rings. The number of para-hydroxylation sites is 1. The summed E-state index contributed by atoms with van der Waals surface area (Å²) in [5.74, 6) is 0.540. The van der Waals surface area contributed by atoms with Crippen molar-refractivity contribution >= 4 is 17.3 Å². The first-order valence-electron chi connectivity index (χ1n) is 9.21. The van der Waals surface area contributed by atoms with Crippen LogP contribution in [0, 0.1) is 6.92 Å². The number of anilines is 2. The molecule has 0 radical (unpaired) electrons. The summed E-state index contributed by atoms with van der Waals surface area (Å²) < 4.78 is 5.48. The molecule has 1 N–H and O–H groups in total. The molecule has 26 heavy (non-hydrogen) atoms. The molecule has 2 aromatic carbocycles. The highest BCUT2D eigenvalue weighted by molar-refractivity contribution is 5.92. The number of carbonyl (C=O) groups excluding carboxylic acids is 1. The third kappa shape index (κ3) is 4.76. The molecule has 0 spiro atoms. The van der Waals surface area contributed by atoms with Gasteiger partial charge in [-0.05, 0) is 49.4 Å². The van der Waals surface area contributed by atoms with Crippen LogP contribution in [0.25, 0.3) is 0 Å². The van der Waals surface area contributed by atoms with Gasteiger partial charge in [0, 0.05) is 37.6 Å². The Hall–Kier alpha value is -2.53. The number of ether oxygens (including phenoxy) is 1. The maximum Gasteiger partial charge on any atom is 0.262 e. The van der Waals surface area contributed by atoms with Crippen molar-refractivity contribution in [3.05, 3.63) is 54.1 Å². The zero-order valence-corrected chi connectivity index (χ0v) is 15.6. The van der Waals surface area contributed by atoms with E-state index >= 15 is 0 Å². The second-order valence-electron chi connectivity index (χ2n) is 6.57. The van der Waals surface area contributed by atoms with Crippen LogP contribution in [0.1, 0.15) is 12.5 Å². The number of aryl methyl sites for hydroxylation is 1. The Balaban J connectivity index is 1.54. The summed E-state index contributed by atoms with van der Waals surface area (Å²) in [4.78, 5) is 17.0. The van der Waals surface area contributed by atoms with Gasteiger partial charge in [-0.25, -0.2) is 0 Å². The van der Waals surface area contributed by atoms with E-state index in [-0.39, 0.29) is 12.5 Å². The third-order valence-electron chi connectivity index (χ3n) is 4.75. The number of piperazine rings is 1. The molecule has 1 saturated heterocycles. The molecule has 1 amide bonds. The Morgan fingerprint density at radius 3 is 2.46 bits per heavy atom. The van der Waals surface area contributed by atoms with Crippen molar-refractivity contribution < 1.29 is 9.53 Å². The number of hydrogen-bond donors (Lipinski definition) is 1. The smallest absolute Gasteiger partial charge is 0.262 e. The maximum atomic E-state index is 12.1. The van der Waals surface area contributed by atoms with E-state index in [9.17, 15) is 4.79 Å². The van der Waals surface area contributed by atoms with Gasteiger partial charge < -0.3 is 19.9 Å². The van der Waals surface area contributed by atoms with Gasteiger partial charge in [0.1, 0.15) is 5.75 Å². The molecule has 0 saturated carbocycles. The molecule has 0 atom stereocenters. The van der Waals surface area contributed by atoms with Crippen LogP contribution >= 0.6 is 0 Å². The number of benzene rings is 2. The lowest BCUT2D eigenvalue weighted by Crippen LogP contribution is -2.46. The lowest BCUT2D eigenvalue weighted by Gasteiger charge is -2.36. The fraction of sp³-hybridized carbons (Fsp3) is 0.381. The molecule has 1 fully saturated rings. The van der Waals surface area contributed by atoms with Gasteiger partial charge in [0.05, 0.1) is 0 Å². The number of nitrogens with one attached hydrogen (secondary N) is 1. The first kappa shape index (κ1) is 18.3. The van der Waals surface area contributed by atoms with Crippen molar-refractivity contribution in [3.63, 3.8) is 0 Å². The topological polar surface area (TPSA) is 44.8 Å². The number of hydrogen-bond acceptors (Lipinski definition) is 4. The standard InChI is InChI=1S/C21H27N3O2/c1-3-23-11-13-24(14-12-23)20-10-9-18(15-17(20)2)22-21(25)16-26-19-7-5-4-6-8-19/h4-10,15H,3,11-14,16H2,1-2H3,(H,22,25). The molecule has 5 nitrogen and oxygen atoms in total. The second kappa shape index (κ2) is 8.72. The number of likely N-dealkylation sites (N-methyl/N-ethyl adjacent to an activating group) is 1. The molecule has 1 aliphatic heterocycles. The van der Waals surface area contributed by atoms with Crippen LogP contribution in [-0.4, -0.2) is 50.1 Å². The highest BCUT2D eigenvalue weighted by atomic mass is 16.5. The van der Waals surface area contributed by atoms with Crippen molar-refractivity contribution in [2.45, 2.75) is 13.8 Å². The monoisotopic (exact) mass is 353 g/mol. The molecule has 0 unspecified atom stereocenters. The molecule has 138 valence electrons. The maximum absolute atomic E-state index is 12.1. The van der Waals surface area contributed by atoms with E-state index in [0.29, 0.717) is 5.75 Å². The third-order valence-corrected chi connectivity index (χ3v) is 4.75. The zero-order valence-electron chi connectivity index (χ0n) is 15.6. The number of carbonyl (C=O) groups is 1. The van der Waals surface area contributed by atoms with E-state index in [0.717, 1.165) is 38.4 Å². The Bertz CT molecular complexity index is 725. The molecule has 5 heteroatoms. The van der Waals surface area contributed by atoms with Crippen LogP contribution in [0.15, 0.2) is 48.5 Å². The van der Waals surface area contributed by atoms with E-state index < -0.39 is 0 Å². The average Bonchev–Trinajstić information content (AvgIpc) is 2.67. The lowest BCUT2D eigenvalue weighted by molar-refractivity contribution is -0.118. The molecular formula is C21H27N3O2. The zero-order chi connectivity index (χ0) is 18.4. The molecule has 1 heterocycles. The van der Waals surface area contributed by atoms with Crippen LogP contribution in [0.2, 0.25) is 0 Å². The van der Waals surface area contributed by atoms with Gasteiger partial charge in [0.15, 0.2) is 6.61 Å². The quantitative estimate of drug-likeness (QED) is 0.866. The van der Waals surface area contributed by atoms with Crippen molar-refractivity contribution in [1.82, 2.24) is 4.90 Å². The highest BCUT2D eigenvalue weighted by Crippen LogP contribution is 2.24. The summed E-state index contributed by atoms with van der Waals surface area (Å²) in [6.45, 7) is 9.72. The van der Waals surface area contributed by atoms with Gasteiger partial charge in [-0.2, -0.15) is 0 Å². The van der Waals surface area contributed by atoms with E-state index in [2.05, 4.69) is 35.0 Å². The van der Waals surface area contributed by atoms with Gasteiger partial charge >= 0.3 is 0 Å². The van der Waals surface area contributed by atoms with Gasteiger partial charge in [0.2, 0.25) is 0 Å². The van der Waals surface area contributed by atoms with Crippen LogP contribution in [0.4, 0.5) is 11.4 Å². The minimum Gasteiger partial charge on any atom is -0.484 e. The van der Waals surface area contributed by atoms with E-state index in [1.807, 2.05) is 42.5 Å². The Labute approximate surface area is 155 Å². The summed E-state index contributed by atoms with van der Waals surface area (Å²) >= 11 is 0. The van der Waals surface area contributed by atoms with Crippen molar-refractivity contribution in [2.75, 3.05) is 49.5 Å². The minimum absolute atomic E-state index is 0.00376.